The number of aromatic carboxylic acids is 1. The molecule has 5 nitrogen and oxygen atoms in total. The molecule has 2 aromatic rings. The predicted molar refractivity (Wildman–Crippen MR) is 74.3 cm³/mol. The molecule has 0 atom stereocenters. The number of hydrogen-bond acceptors (Lipinski definition) is 3. The van der Waals surface area contributed by atoms with Crippen molar-refractivity contribution in [1.82, 2.24) is 0 Å². The summed E-state index contributed by atoms with van der Waals surface area (Å²) in [6.07, 6.45) is 0. The van der Waals surface area contributed by atoms with Gasteiger partial charge < -0.3 is 15.2 Å². The molecule has 0 radical (unpaired) electrons. The largest absolute Gasteiger partial charge is 0.495 e. The Bertz CT molecular complexity index is 638. The van der Waals surface area contributed by atoms with E-state index >= 15 is 0 Å². The van der Waals surface area contributed by atoms with Crippen LogP contribution >= 0.6 is 0 Å². The first-order chi connectivity index (χ1) is 9.61. The molecule has 0 saturated carbocycles. The number of benzene rings is 2. The molecule has 0 aliphatic carbocycles. The SMILES string of the molecule is COc1ccc(C(=O)O)cc1NC(=O)c1ccccc1. The van der Waals surface area contributed by atoms with Crippen molar-refractivity contribution in [3.8, 4) is 5.75 Å². The summed E-state index contributed by atoms with van der Waals surface area (Å²) >= 11 is 0. The second-order valence-electron chi connectivity index (χ2n) is 4.04. The summed E-state index contributed by atoms with van der Waals surface area (Å²) in [6.45, 7) is 0. The number of rotatable bonds is 4. The minimum absolute atomic E-state index is 0.0779. The molecule has 20 heavy (non-hydrogen) atoms. The molecule has 0 aliphatic heterocycles. The van der Waals surface area contributed by atoms with Crippen molar-refractivity contribution in [2.24, 2.45) is 0 Å². The van der Waals surface area contributed by atoms with Crippen LogP contribution in [-0.4, -0.2) is 24.1 Å². The summed E-state index contributed by atoms with van der Waals surface area (Å²) in [5.41, 5.74) is 0.880. The van der Waals surface area contributed by atoms with Crippen LogP contribution in [0, 0.1) is 0 Å². The van der Waals surface area contributed by atoms with E-state index in [0.29, 0.717) is 17.0 Å². The molecule has 5 heteroatoms. The highest BCUT2D eigenvalue weighted by molar-refractivity contribution is 6.05. The minimum Gasteiger partial charge on any atom is -0.495 e. The number of carboxylic acids is 1. The van der Waals surface area contributed by atoms with Gasteiger partial charge in [-0.15, -0.1) is 0 Å². The van der Waals surface area contributed by atoms with Gasteiger partial charge in [0.1, 0.15) is 5.75 Å². The molecule has 0 unspecified atom stereocenters. The number of anilines is 1. The Labute approximate surface area is 115 Å². The van der Waals surface area contributed by atoms with E-state index in [9.17, 15) is 9.59 Å². The third-order valence-corrected chi connectivity index (χ3v) is 2.73. The summed E-state index contributed by atoms with van der Waals surface area (Å²) in [5, 5.41) is 11.6. The van der Waals surface area contributed by atoms with Crippen molar-refractivity contribution < 1.29 is 19.4 Å². The maximum atomic E-state index is 12.0. The summed E-state index contributed by atoms with van der Waals surface area (Å²) in [4.78, 5) is 23.0. The fraction of sp³-hybridized carbons (Fsp3) is 0.0667. The van der Waals surface area contributed by atoms with Crippen LogP contribution in [0.15, 0.2) is 48.5 Å². The van der Waals surface area contributed by atoms with Crippen LogP contribution < -0.4 is 10.1 Å². The zero-order valence-electron chi connectivity index (χ0n) is 10.8. The lowest BCUT2D eigenvalue weighted by atomic mass is 10.1. The molecule has 2 rings (SSSR count). The van der Waals surface area contributed by atoms with Crippen molar-refractivity contribution in [2.45, 2.75) is 0 Å². The Morgan fingerprint density at radius 3 is 2.35 bits per heavy atom. The lowest BCUT2D eigenvalue weighted by Crippen LogP contribution is -2.13. The Morgan fingerprint density at radius 2 is 1.75 bits per heavy atom. The number of ether oxygens (including phenoxy) is 1. The maximum Gasteiger partial charge on any atom is 0.335 e. The number of carbonyl (C=O) groups is 2. The molecular formula is C15H13NO4. The highest BCUT2D eigenvalue weighted by Gasteiger charge is 2.12. The molecule has 0 fully saturated rings. The van der Waals surface area contributed by atoms with Gasteiger partial charge in [0.2, 0.25) is 0 Å². The quantitative estimate of drug-likeness (QED) is 0.896. The highest BCUT2D eigenvalue weighted by atomic mass is 16.5. The van der Waals surface area contributed by atoms with E-state index in [1.165, 1.54) is 25.3 Å². The van der Waals surface area contributed by atoms with Gasteiger partial charge in [-0.2, -0.15) is 0 Å². The second-order valence-corrected chi connectivity index (χ2v) is 4.04. The van der Waals surface area contributed by atoms with Crippen molar-refractivity contribution in [3.05, 3.63) is 59.7 Å². The van der Waals surface area contributed by atoms with E-state index in [1.807, 2.05) is 6.07 Å². The van der Waals surface area contributed by atoms with Crippen LogP contribution in [-0.2, 0) is 0 Å². The van der Waals surface area contributed by atoms with E-state index in [2.05, 4.69) is 5.32 Å². The minimum atomic E-state index is -1.07. The summed E-state index contributed by atoms with van der Waals surface area (Å²) in [6, 6.07) is 12.9. The molecular weight excluding hydrogens is 258 g/mol. The first-order valence-corrected chi connectivity index (χ1v) is 5.89. The van der Waals surface area contributed by atoms with Crippen LogP contribution in [0.5, 0.6) is 5.75 Å². The van der Waals surface area contributed by atoms with Gasteiger partial charge in [0.15, 0.2) is 0 Å². The van der Waals surface area contributed by atoms with Gasteiger partial charge in [-0.3, -0.25) is 4.79 Å². The third kappa shape index (κ3) is 2.95. The van der Waals surface area contributed by atoms with Gasteiger partial charge in [-0.1, -0.05) is 18.2 Å². The number of carboxylic acid groups (broad SMARTS) is 1. The van der Waals surface area contributed by atoms with Crippen LogP contribution in [0.2, 0.25) is 0 Å². The van der Waals surface area contributed by atoms with Crippen molar-refractivity contribution in [3.63, 3.8) is 0 Å². The zero-order valence-corrected chi connectivity index (χ0v) is 10.8. The van der Waals surface area contributed by atoms with E-state index in [-0.39, 0.29) is 11.5 Å². The molecule has 0 spiro atoms. The predicted octanol–water partition coefficient (Wildman–Crippen LogP) is 2.65. The van der Waals surface area contributed by atoms with Gasteiger partial charge in [0.25, 0.3) is 5.91 Å². The van der Waals surface area contributed by atoms with E-state index in [4.69, 9.17) is 9.84 Å². The van der Waals surface area contributed by atoms with Crippen LogP contribution in [0.25, 0.3) is 0 Å². The Kier molecular flexibility index (Phi) is 4.00. The van der Waals surface area contributed by atoms with E-state index in [0.717, 1.165) is 0 Å². The Hall–Kier alpha value is -2.82. The number of hydrogen-bond donors (Lipinski definition) is 2. The molecule has 0 bridgehead atoms. The fourth-order valence-electron chi connectivity index (χ4n) is 1.72. The van der Waals surface area contributed by atoms with Crippen LogP contribution in [0.1, 0.15) is 20.7 Å². The standard InChI is InChI=1S/C15H13NO4/c1-20-13-8-7-11(15(18)19)9-12(13)16-14(17)10-5-3-2-4-6-10/h2-9H,1H3,(H,16,17)(H,18,19). The van der Waals surface area contributed by atoms with Gasteiger partial charge >= 0.3 is 5.97 Å². The summed E-state index contributed by atoms with van der Waals surface area (Å²) in [7, 11) is 1.45. The Morgan fingerprint density at radius 1 is 1.05 bits per heavy atom. The number of carbonyl (C=O) groups excluding carboxylic acids is 1. The first-order valence-electron chi connectivity index (χ1n) is 5.89. The molecule has 0 aromatic heterocycles. The topological polar surface area (TPSA) is 75.6 Å². The average Bonchev–Trinajstić information content (AvgIpc) is 2.48. The lowest BCUT2D eigenvalue weighted by molar-refractivity contribution is 0.0696. The van der Waals surface area contributed by atoms with Gasteiger partial charge in [-0.05, 0) is 30.3 Å². The van der Waals surface area contributed by atoms with Gasteiger partial charge in [0, 0.05) is 5.56 Å². The first kappa shape index (κ1) is 13.6. The van der Waals surface area contributed by atoms with Gasteiger partial charge in [-0.25, -0.2) is 4.79 Å². The monoisotopic (exact) mass is 271 g/mol. The average molecular weight is 271 g/mol. The molecule has 0 saturated heterocycles. The number of nitrogens with one attached hydrogen (secondary N) is 1. The third-order valence-electron chi connectivity index (χ3n) is 2.73. The van der Waals surface area contributed by atoms with E-state index < -0.39 is 5.97 Å². The zero-order chi connectivity index (χ0) is 14.5. The normalized spacial score (nSPS) is 9.85. The van der Waals surface area contributed by atoms with Crippen molar-refractivity contribution in [1.29, 1.82) is 0 Å². The molecule has 0 aliphatic rings. The van der Waals surface area contributed by atoms with E-state index in [1.54, 1.807) is 24.3 Å². The fourth-order valence-corrected chi connectivity index (χ4v) is 1.72. The molecule has 2 aromatic carbocycles. The van der Waals surface area contributed by atoms with Crippen molar-refractivity contribution in [2.75, 3.05) is 12.4 Å². The Balaban J connectivity index is 2.30. The molecule has 102 valence electrons. The lowest BCUT2D eigenvalue weighted by Gasteiger charge is -2.11. The van der Waals surface area contributed by atoms with Crippen LogP contribution in [0.3, 0.4) is 0 Å². The van der Waals surface area contributed by atoms with Crippen LogP contribution in [0.4, 0.5) is 5.69 Å². The highest BCUT2D eigenvalue weighted by Crippen LogP contribution is 2.26. The summed E-state index contributed by atoms with van der Waals surface area (Å²) in [5.74, 6) is -0.992. The molecule has 1 amide bonds. The number of amides is 1. The summed E-state index contributed by atoms with van der Waals surface area (Å²) < 4.78 is 5.11. The maximum absolute atomic E-state index is 12.0. The smallest absolute Gasteiger partial charge is 0.335 e. The van der Waals surface area contributed by atoms with Crippen molar-refractivity contribution >= 4 is 17.6 Å². The van der Waals surface area contributed by atoms with Gasteiger partial charge in [0.05, 0.1) is 18.4 Å². The number of methoxy groups -OCH3 is 1. The molecule has 2 N–H and O–H groups in total. The molecule has 0 heterocycles. The second kappa shape index (κ2) is 5.88.